The van der Waals surface area contributed by atoms with Crippen LogP contribution < -0.4 is 10.6 Å². The van der Waals surface area contributed by atoms with Crippen molar-refractivity contribution in [1.82, 2.24) is 5.32 Å². The van der Waals surface area contributed by atoms with Crippen LogP contribution in [0.1, 0.15) is 6.42 Å². The number of nitrogens with one attached hydrogen (secondary N) is 2. The molecule has 1 aromatic carbocycles. The Hall–Kier alpha value is -0.520. The molecule has 0 aliphatic carbocycles. The molecular weight excluding hydrogens is 311 g/mol. The van der Waals surface area contributed by atoms with Crippen molar-refractivity contribution in [2.24, 2.45) is 0 Å². The number of hydrogen-bond donors (Lipinski definition) is 2. The van der Waals surface area contributed by atoms with E-state index in [2.05, 4.69) is 10.6 Å². The van der Waals surface area contributed by atoms with Crippen LogP contribution in [0.5, 0.6) is 0 Å². The van der Waals surface area contributed by atoms with E-state index in [1.54, 1.807) is 0 Å². The van der Waals surface area contributed by atoms with E-state index in [0.29, 0.717) is 33.9 Å². The Morgan fingerprint density at radius 2 is 2.05 bits per heavy atom. The summed E-state index contributed by atoms with van der Waals surface area (Å²) in [7, 11) is 0. The first-order valence-electron chi connectivity index (χ1n) is 5.83. The third kappa shape index (κ3) is 4.23. The molecule has 19 heavy (non-hydrogen) atoms. The Kier molecular flexibility index (Phi) is 5.30. The lowest BCUT2D eigenvalue weighted by Gasteiger charge is -2.23. The zero-order chi connectivity index (χ0) is 13.8. The third-order valence-electron chi connectivity index (χ3n) is 2.69. The summed E-state index contributed by atoms with van der Waals surface area (Å²) in [5.74, 6) is -0.195. The van der Waals surface area contributed by atoms with Crippen molar-refractivity contribution in [2.45, 2.75) is 12.5 Å². The summed E-state index contributed by atoms with van der Waals surface area (Å²) >= 11 is 17.8. The van der Waals surface area contributed by atoms with Gasteiger partial charge in [-0.05, 0) is 12.1 Å². The highest BCUT2D eigenvalue weighted by molar-refractivity contribution is 6.42. The highest BCUT2D eigenvalue weighted by atomic mass is 35.5. The highest BCUT2D eigenvalue weighted by Crippen LogP contribution is 2.33. The predicted octanol–water partition coefficient (Wildman–Crippen LogP) is 2.96. The van der Waals surface area contributed by atoms with Crippen LogP contribution in [0.25, 0.3) is 0 Å². The zero-order valence-electron chi connectivity index (χ0n) is 10.0. The Morgan fingerprint density at radius 3 is 2.63 bits per heavy atom. The fraction of sp³-hybridized carbons (Fsp3) is 0.417. The minimum Gasteiger partial charge on any atom is -0.375 e. The highest BCUT2D eigenvalue weighted by Gasteiger charge is 2.19. The summed E-state index contributed by atoms with van der Waals surface area (Å²) in [6.07, 6.45) is 0.126. The van der Waals surface area contributed by atoms with E-state index in [0.717, 1.165) is 6.54 Å². The van der Waals surface area contributed by atoms with Crippen molar-refractivity contribution in [2.75, 3.05) is 25.0 Å². The summed E-state index contributed by atoms with van der Waals surface area (Å²) in [5.41, 5.74) is 0.376. The molecule has 1 aliphatic rings. The fourth-order valence-corrected chi connectivity index (χ4v) is 2.72. The molecule has 4 nitrogen and oxygen atoms in total. The van der Waals surface area contributed by atoms with Crippen molar-refractivity contribution in [3.63, 3.8) is 0 Å². The average Bonchev–Trinajstić information content (AvgIpc) is 2.35. The second-order valence-electron chi connectivity index (χ2n) is 4.19. The van der Waals surface area contributed by atoms with Gasteiger partial charge in [0.1, 0.15) is 0 Å². The van der Waals surface area contributed by atoms with Crippen LogP contribution in [-0.4, -0.2) is 31.7 Å². The van der Waals surface area contributed by atoms with Crippen molar-refractivity contribution in [3.05, 3.63) is 27.2 Å². The number of anilines is 1. The van der Waals surface area contributed by atoms with Gasteiger partial charge in [0, 0.05) is 18.1 Å². The van der Waals surface area contributed by atoms with E-state index in [9.17, 15) is 4.79 Å². The summed E-state index contributed by atoms with van der Waals surface area (Å²) in [5, 5.41) is 6.89. The van der Waals surface area contributed by atoms with Crippen LogP contribution in [0, 0.1) is 0 Å². The number of amides is 1. The lowest BCUT2D eigenvalue weighted by atomic mass is 10.2. The van der Waals surface area contributed by atoms with Crippen molar-refractivity contribution in [1.29, 1.82) is 0 Å². The third-order valence-corrected chi connectivity index (χ3v) is 3.50. The van der Waals surface area contributed by atoms with E-state index in [1.807, 2.05) is 0 Å². The van der Waals surface area contributed by atoms with Gasteiger partial charge in [0.2, 0.25) is 5.91 Å². The molecule has 0 bridgehead atoms. The standard InChI is InChI=1S/C12H13Cl3N2O2/c13-7-3-9(14)12(10(15)4-7)17-11(18)5-8-6-16-1-2-19-8/h3-4,8,16H,1-2,5-6H2,(H,17,18). The van der Waals surface area contributed by atoms with Crippen molar-refractivity contribution < 1.29 is 9.53 Å². The minimum absolute atomic E-state index is 0.126. The van der Waals surface area contributed by atoms with Crippen molar-refractivity contribution in [3.8, 4) is 0 Å². The molecule has 1 aliphatic heterocycles. The average molecular weight is 324 g/mol. The minimum atomic E-state index is -0.195. The number of ether oxygens (including phenoxy) is 1. The van der Waals surface area contributed by atoms with Gasteiger partial charge in [-0.3, -0.25) is 4.79 Å². The Labute approximate surface area is 126 Å². The first-order chi connectivity index (χ1) is 9.06. The molecule has 0 spiro atoms. The van der Waals surface area contributed by atoms with Crippen LogP contribution in [-0.2, 0) is 9.53 Å². The van der Waals surface area contributed by atoms with E-state index in [-0.39, 0.29) is 18.4 Å². The molecule has 7 heteroatoms. The first-order valence-corrected chi connectivity index (χ1v) is 6.96. The van der Waals surface area contributed by atoms with Crippen molar-refractivity contribution >= 4 is 46.4 Å². The molecule has 1 amide bonds. The SMILES string of the molecule is O=C(CC1CNCCO1)Nc1c(Cl)cc(Cl)cc1Cl. The molecule has 0 saturated carbocycles. The smallest absolute Gasteiger partial charge is 0.227 e. The summed E-state index contributed by atoms with van der Waals surface area (Å²) in [4.78, 5) is 11.9. The van der Waals surface area contributed by atoms with E-state index in [1.165, 1.54) is 12.1 Å². The Morgan fingerprint density at radius 1 is 1.37 bits per heavy atom. The zero-order valence-corrected chi connectivity index (χ0v) is 12.3. The van der Waals surface area contributed by atoms with E-state index >= 15 is 0 Å². The van der Waals surface area contributed by atoms with Crippen LogP contribution in [0.3, 0.4) is 0 Å². The van der Waals surface area contributed by atoms with Gasteiger partial charge < -0.3 is 15.4 Å². The molecule has 104 valence electrons. The van der Waals surface area contributed by atoms with E-state index in [4.69, 9.17) is 39.5 Å². The fourth-order valence-electron chi connectivity index (χ4n) is 1.81. The monoisotopic (exact) mass is 322 g/mol. The number of rotatable bonds is 3. The molecule has 0 aromatic heterocycles. The van der Waals surface area contributed by atoms with Gasteiger partial charge in [-0.25, -0.2) is 0 Å². The first kappa shape index (κ1) is 14.9. The molecule has 1 fully saturated rings. The summed E-state index contributed by atoms with van der Waals surface area (Å²) in [6.45, 7) is 2.09. The van der Waals surface area contributed by atoms with Gasteiger partial charge in [-0.1, -0.05) is 34.8 Å². The molecule has 1 unspecified atom stereocenters. The number of hydrogen-bond acceptors (Lipinski definition) is 3. The molecule has 2 N–H and O–H groups in total. The van der Waals surface area contributed by atoms with Gasteiger partial charge in [0.15, 0.2) is 0 Å². The van der Waals surface area contributed by atoms with Gasteiger partial charge in [0.25, 0.3) is 0 Å². The van der Waals surface area contributed by atoms with E-state index < -0.39 is 0 Å². The maximum Gasteiger partial charge on any atom is 0.227 e. The largest absolute Gasteiger partial charge is 0.375 e. The number of carbonyl (C=O) groups excluding carboxylic acids is 1. The normalized spacial score (nSPS) is 19.2. The number of carbonyl (C=O) groups is 1. The Bertz CT molecular complexity index is 453. The maximum absolute atomic E-state index is 11.9. The molecule has 1 aromatic rings. The summed E-state index contributed by atoms with van der Waals surface area (Å²) < 4.78 is 5.46. The second-order valence-corrected chi connectivity index (χ2v) is 5.44. The molecular formula is C12H13Cl3N2O2. The lowest BCUT2D eigenvalue weighted by molar-refractivity contribution is -0.119. The van der Waals surface area contributed by atoms with Gasteiger partial charge >= 0.3 is 0 Å². The van der Waals surface area contributed by atoms with Crippen LogP contribution in [0.15, 0.2) is 12.1 Å². The predicted molar refractivity (Wildman–Crippen MR) is 77.3 cm³/mol. The number of halogens is 3. The van der Waals surface area contributed by atoms with Crippen LogP contribution in [0.2, 0.25) is 15.1 Å². The number of morpholine rings is 1. The van der Waals surface area contributed by atoms with Crippen LogP contribution in [0.4, 0.5) is 5.69 Å². The molecule has 0 radical (unpaired) electrons. The second kappa shape index (κ2) is 6.77. The topological polar surface area (TPSA) is 50.4 Å². The molecule has 1 saturated heterocycles. The maximum atomic E-state index is 11.9. The Balaban J connectivity index is 1.98. The molecule has 1 heterocycles. The van der Waals surface area contributed by atoms with Crippen LogP contribution >= 0.6 is 34.8 Å². The quantitative estimate of drug-likeness (QED) is 0.899. The number of benzene rings is 1. The molecule has 2 rings (SSSR count). The lowest BCUT2D eigenvalue weighted by Crippen LogP contribution is -2.40. The van der Waals surface area contributed by atoms with Gasteiger partial charge in [-0.15, -0.1) is 0 Å². The van der Waals surface area contributed by atoms with Gasteiger partial charge in [0.05, 0.1) is 34.9 Å². The van der Waals surface area contributed by atoms with Gasteiger partial charge in [-0.2, -0.15) is 0 Å². The molecule has 1 atom stereocenters. The summed E-state index contributed by atoms with van der Waals surface area (Å²) in [6, 6.07) is 3.06.